The number of hydrogen-bond acceptors (Lipinski definition) is 4. The molecule has 6 heteroatoms. The minimum Gasteiger partial charge on any atom is -0.492 e. The SMILES string of the molecule is CCNC(=NCc1ccc(OCCN(CC)CC)cc1)NCCCOCC. The van der Waals surface area contributed by atoms with E-state index in [9.17, 15) is 0 Å². The zero-order valence-corrected chi connectivity index (χ0v) is 17.6. The summed E-state index contributed by atoms with van der Waals surface area (Å²) in [4.78, 5) is 7.00. The predicted octanol–water partition coefficient (Wildman–Crippen LogP) is 2.89. The lowest BCUT2D eigenvalue weighted by Crippen LogP contribution is -2.38. The molecule has 6 nitrogen and oxygen atoms in total. The molecule has 0 bridgehead atoms. The molecule has 27 heavy (non-hydrogen) atoms. The van der Waals surface area contributed by atoms with E-state index >= 15 is 0 Å². The van der Waals surface area contributed by atoms with Crippen molar-refractivity contribution in [3.8, 4) is 5.75 Å². The van der Waals surface area contributed by atoms with Gasteiger partial charge in [0.25, 0.3) is 0 Å². The minimum absolute atomic E-state index is 0.639. The first-order valence-corrected chi connectivity index (χ1v) is 10.3. The van der Waals surface area contributed by atoms with E-state index in [0.717, 1.165) is 76.2 Å². The van der Waals surface area contributed by atoms with Gasteiger partial charge in [-0.05, 0) is 51.1 Å². The Morgan fingerprint density at radius 2 is 1.74 bits per heavy atom. The fourth-order valence-corrected chi connectivity index (χ4v) is 2.56. The van der Waals surface area contributed by atoms with Crippen molar-refractivity contribution in [2.24, 2.45) is 4.99 Å². The smallest absolute Gasteiger partial charge is 0.191 e. The molecule has 0 unspecified atom stereocenters. The fourth-order valence-electron chi connectivity index (χ4n) is 2.56. The quantitative estimate of drug-likeness (QED) is 0.296. The maximum absolute atomic E-state index is 5.83. The monoisotopic (exact) mass is 378 g/mol. The molecule has 0 amide bonds. The Balaban J connectivity index is 2.40. The third-order valence-corrected chi connectivity index (χ3v) is 4.22. The topological polar surface area (TPSA) is 58.1 Å². The molecule has 0 saturated heterocycles. The van der Waals surface area contributed by atoms with Gasteiger partial charge >= 0.3 is 0 Å². The van der Waals surface area contributed by atoms with E-state index in [4.69, 9.17) is 9.47 Å². The summed E-state index contributed by atoms with van der Waals surface area (Å²) in [6, 6.07) is 8.20. The summed E-state index contributed by atoms with van der Waals surface area (Å²) in [7, 11) is 0. The summed E-state index contributed by atoms with van der Waals surface area (Å²) in [5.41, 5.74) is 1.16. The zero-order valence-electron chi connectivity index (χ0n) is 17.6. The van der Waals surface area contributed by atoms with Crippen LogP contribution in [-0.2, 0) is 11.3 Å². The first-order valence-electron chi connectivity index (χ1n) is 10.3. The summed E-state index contributed by atoms with van der Waals surface area (Å²) in [5.74, 6) is 1.75. The Morgan fingerprint density at radius 1 is 1.00 bits per heavy atom. The van der Waals surface area contributed by atoms with Crippen LogP contribution in [0.25, 0.3) is 0 Å². The van der Waals surface area contributed by atoms with Crippen molar-refractivity contribution in [1.82, 2.24) is 15.5 Å². The molecule has 0 spiro atoms. The zero-order chi connectivity index (χ0) is 19.7. The van der Waals surface area contributed by atoms with Crippen LogP contribution in [0.15, 0.2) is 29.3 Å². The van der Waals surface area contributed by atoms with Crippen LogP contribution in [0.4, 0.5) is 0 Å². The van der Waals surface area contributed by atoms with Crippen LogP contribution in [-0.4, -0.2) is 63.4 Å². The van der Waals surface area contributed by atoms with E-state index in [1.165, 1.54) is 0 Å². The lowest BCUT2D eigenvalue weighted by atomic mass is 10.2. The summed E-state index contributed by atoms with van der Waals surface area (Å²) in [6.07, 6.45) is 0.970. The molecule has 0 fully saturated rings. The predicted molar refractivity (Wildman–Crippen MR) is 114 cm³/mol. The Hall–Kier alpha value is -1.79. The van der Waals surface area contributed by atoms with E-state index in [2.05, 4.69) is 53.4 Å². The van der Waals surface area contributed by atoms with Crippen molar-refractivity contribution in [3.63, 3.8) is 0 Å². The highest BCUT2D eigenvalue weighted by molar-refractivity contribution is 5.79. The lowest BCUT2D eigenvalue weighted by molar-refractivity contribution is 0.145. The van der Waals surface area contributed by atoms with Crippen LogP contribution < -0.4 is 15.4 Å². The van der Waals surface area contributed by atoms with Crippen molar-refractivity contribution in [1.29, 1.82) is 0 Å². The number of nitrogens with one attached hydrogen (secondary N) is 2. The van der Waals surface area contributed by atoms with Crippen LogP contribution >= 0.6 is 0 Å². The molecule has 0 aliphatic heterocycles. The van der Waals surface area contributed by atoms with Crippen molar-refractivity contribution < 1.29 is 9.47 Å². The lowest BCUT2D eigenvalue weighted by Gasteiger charge is -2.18. The third kappa shape index (κ3) is 10.8. The maximum atomic E-state index is 5.83. The van der Waals surface area contributed by atoms with Crippen molar-refractivity contribution in [2.75, 3.05) is 52.5 Å². The molecule has 0 aliphatic rings. The molecule has 0 aromatic heterocycles. The van der Waals surface area contributed by atoms with Crippen molar-refractivity contribution in [2.45, 2.75) is 40.7 Å². The minimum atomic E-state index is 0.639. The highest BCUT2D eigenvalue weighted by Gasteiger charge is 2.01. The second-order valence-corrected chi connectivity index (χ2v) is 6.19. The third-order valence-electron chi connectivity index (χ3n) is 4.22. The molecule has 2 N–H and O–H groups in total. The van der Waals surface area contributed by atoms with E-state index < -0.39 is 0 Å². The van der Waals surface area contributed by atoms with Crippen LogP contribution in [0.1, 0.15) is 39.7 Å². The number of guanidine groups is 1. The average molecular weight is 379 g/mol. The van der Waals surface area contributed by atoms with Gasteiger partial charge in [-0.3, -0.25) is 0 Å². The van der Waals surface area contributed by atoms with Crippen LogP contribution in [0, 0.1) is 0 Å². The molecule has 0 radical (unpaired) electrons. The first kappa shape index (κ1) is 23.2. The first-order chi connectivity index (χ1) is 13.2. The number of aliphatic imine (C=N–C) groups is 1. The van der Waals surface area contributed by atoms with Gasteiger partial charge in [0.05, 0.1) is 6.54 Å². The summed E-state index contributed by atoms with van der Waals surface area (Å²) in [6.45, 7) is 16.1. The second-order valence-electron chi connectivity index (χ2n) is 6.19. The molecule has 0 aliphatic carbocycles. The number of nitrogens with zero attached hydrogens (tertiary/aromatic N) is 2. The van der Waals surface area contributed by atoms with E-state index in [1.807, 2.05) is 19.1 Å². The standard InChI is InChI=1S/C21H38N4O2/c1-5-22-21(23-14-9-16-26-8-4)24-18-19-10-12-20(13-11-19)27-17-15-25(6-2)7-3/h10-13H,5-9,14-18H2,1-4H3,(H2,22,23,24). The van der Waals surface area contributed by atoms with Crippen LogP contribution in [0.2, 0.25) is 0 Å². The van der Waals surface area contributed by atoms with Gasteiger partial charge in [-0.25, -0.2) is 4.99 Å². The van der Waals surface area contributed by atoms with Crippen LogP contribution in [0.5, 0.6) is 5.75 Å². The number of rotatable bonds is 14. The van der Waals surface area contributed by atoms with Gasteiger partial charge in [-0.1, -0.05) is 26.0 Å². The fraction of sp³-hybridized carbons (Fsp3) is 0.667. The normalized spacial score (nSPS) is 11.7. The summed E-state index contributed by atoms with van der Waals surface area (Å²) in [5, 5.41) is 6.61. The van der Waals surface area contributed by atoms with Gasteiger partial charge in [-0.15, -0.1) is 0 Å². The Morgan fingerprint density at radius 3 is 2.37 bits per heavy atom. The maximum Gasteiger partial charge on any atom is 0.191 e. The van der Waals surface area contributed by atoms with Gasteiger partial charge < -0.3 is 25.0 Å². The highest BCUT2D eigenvalue weighted by Crippen LogP contribution is 2.13. The molecular weight excluding hydrogens is 340 g/mol. The number of likely N-dealkylation sites (N-methyl/N-ethyl adjacent to an activating group) is 1. The number of ether oxygens (including phenoxy) is 2. The Labute approximate surface area is 165 Å². The molecule has 0 heterocycles. The van der Waals surface area contributed by atoms with Crippen molar-refractivity contribution >= 4 is 5.96 Å². The molecule has 1 aromatic carbocycles. The summed E-state index contributed by atoms with van der Waals surface area (Å²) >= 11 is 0. The number of hydrogen-bond donors (Lipinski definition) is 2. The second kappa shape index (κ2) is 15.3. The van der Waals surface area contributed by atoms with Gasteiger partial charge in [0.2, 0.25) is 0 Å². The van der Waals surface area contributed by atoms with E-state index in [0.29, 0.717) is 6.54 Å². The summed E-state index contributed by atoms with van der Waals surface area (Å²) < 4.78 is 11.2. The molecule has 0 atom stereocenters. The molecule has 154 valence electrons. The molecule has 1 rings (SSSR count). The van der Waals surface area contributed by atoms with Gasteiger partial charge in [0.15, 0.2) is 5.96 Å². The Kier molecular flexibility index (Phi) is 13.2. The molecular formula is C21H38N4O2. The highest BCUT2D eigenvalue weighted by atomic mass is 16.5. The van der Waals surface area contributed by atoms with E-state index in [1.54, 1.807) is 0 Å². The van der Waals surface area contributed by atoms with Gasteiger partial charge in [-0.2, -0.15) is 0 Å². The largest absolute Gasteiger partial charge is 0.492 e. The van der Waals surface area contributed by atoms with E-state index in [-0.39, 0.29) is 0 Å². The van der Waals surface area contributed by atoms with Crippen LogP contribution in [0.3, 0.4) is 0 Å². The average Bonchev–Trinajstić information content (AvgIpc) is 2.70. The molecule has 0 saturated carbocycles. The van der Waals surface area contributed by atoms with Gasteiger partial charge in [0.1, 0.15) is 12.4 Å². The van der Waals surface area contributed by atoms with Crippen molar-refractivity contribution in [3.05, 3.63) is 29.8 Å². The van der Waals surface area contributed by atoms with Gasteiger partial charge in [0, 0.05) is 32.8 Å². The Bertz CT molecular complexity index is 501. The number of benzene rings is 1. The molecule has 1 aromatic rings.